The number of ether oxygens (including phenoxy) is 2. The Bertz CT molecular complexity index is 718. The smallest absolute Gasteiger partial charge is 0.165 e. The second-order valence-corrected chi connectivity index (χ2v) is 8.26. The molecule has 1 saturated heterocycles. The average Bonchev–Trinajstić information content (AvgIpc) is 2.90. The van der Waals surface area contributed by atoms with E-state index in [1.165, 1.54) is 11.1 Å². The average molecular weight is 331 g/mol. The quantitative estimate of drug-likeness (QED) is 0.806. The van der Waals surface area contributed by atoms with Crippen LogP contribution in [0.1, 0.15) is 30.9 Å². The van der Waals surface area contributed by atoms with Crippen LogP contribution in [-0.4, -0.2) is 59.7 Å². The number of hydrogen-bond acceptors (Lipinski definition) is 5. The first kappa shape index (κ1) is 15.0. The van der Waals surface area contributed by atoms with Crippen molar-refractivity contribution in [1.82, 2.24) is 4.90 Å². The Labute approximate surface area is 142 Å². The predicted molar refractivity (Wildman–Crippen MR) is 88.6 cm³/mol. The molecule has 5 heteroatoms. The molecule has 5 rings (SSSR count). The summed E-state index contributed by atoms with van der Waals surface area (Å²) in [6.07, 6.45) is 1.36. The molecule has 2 heterocycles. The number of benzene rings is 1. The second-order valence-electron chi connectivity index (χ2n) is 8.26. The van der Waals surface area contributed by atoms with Crippen molar-refractivity contribution >= 4 is 0 Å². The van der Waals surface area contributed by atoms with Crippen molar-refractivity contribution in [2.45, 2.75) is 55.5 Å². The molecule has 5 nitrogen and oxygen atoms in total. The molecule has 4 aliphatic rings. The van der Waals surface area contributed by atoms with E-state index < -0.39 is 17.8 Å². The van der Waals surface area contributed by atoms with Crippen LogP contribution in [0.5, 0.6) is 11.5 Å². The van der Waals surface area contributed by atoms with Crippen LogP contribution < -0.4 is 9.47 Å². The molecule has 2 bridgehead atoms. The van der Waals surface area contributed by atoms with Gasteiger partial charge in [0.25, 0.3) is 0 Å². The zero-order chi connectivity index (χ0) is 16.9. The van der Waals surface area contributed by atoms with Crippen LogP contribution in [0.3, 0.4) is 0 Å². The number of hydrogen-bond donors (Lipinski definition) is 2. The van der Waals surface area contributed by atoms with Gasteiger partial charge in [0, 0.05) is 17.0 Å². The molecule has 2 aliphatic carbocycles. The number of nitrogens with zero attached hydrogens (tertiary/aromatic N) is 1. The molecule has 0 aromatic heterocycles. The summed E-state index contributed by atoms with van der Waals surface area (Å²) in [6, 6.07) is 4.53. The molecular weight excluding hydrogens is 306 g/mol. The molecule has 2 N–H and O–H groups in total. The highest BCUT2D eigenvalue weighted by Crippen LogP contribution is 2.65. The Morgan fingerprint density at radius 3 is 2.92 bits per heavy atom. The van der Waals surface area contributed by atoms with E-state index in [9.17, 15) is 10.2 Å². The second kappa shape index (κ2) is 4.45. The molecule has 0 unspecified atom stereocenters. The molecule has 130 valence electrons. The highest BCUT2D eigenvalue weighted by molar-refractivity contribution is 5.61. The van der Waals surface area contributed by atoms with Crippen LogP contribution in [0, 0.1) is 5.92 Å². The van der Waals surface area contributed by atoms with Crippen LogP contribution in [0.2, 0.25) is 0 Å². The van der Waals surface area contributed by atoms with Crippen LogP contribution in [0.25, 0.3) is 0 Å². The Hall–Kier alpha value is -1.30. The number of likely N-dealkylation sites (N-methyl/N-ethyl adjacent to an activating group) is 1. The lowest BCUT2D eigenvalue weighted by molar-refractivity contribution is -0.202. The zero-order valence-electron chi connectivity index (χ0n) is 14.5. The third-order valence-corrected chi connectivity index (χ3v) is 7.28. The van der Waals surface area contributed by atoms with Crippen LogP contribution in [0.15, 0.2) is 12.1 Å². The van der Waals surface area contributed by atoms with E-state index in [4.69, 9.17) is 9.47 Å². The third-order valence-electron chi connectivity index (χ3n) is 7.28. The summed E-state index contributed by atoms with van der Waals surface area (Å²) in [6.45, 7) is 2.72. The summed E-state index contributed by atoms with van der Waals surface area (Å²) in [5.74, 6) is 1.83. The minimum atomic E-state index is -1.25. The summed E-state index contributed by atoms with van der Waals surface area (Å²) < 4.78 is 11.9. The van der Waals surface area contributed by atoms with Gasteiger partial charge in [-0.05, 0) is 57.3 Å². The van der Waals surface area contributed by atoms with Crippen molar-refractivity contribution < 1.29 is 19.7 Å². The van der Waals surface area contributed by atoms with Gasteiger partial charge in [0.15, 0.2) is 11.5 Å². The summed E-state index contributed by atoms with van der Waals surface area (Å²) in [7, 11) is 3.84. The van der Waals surface area contributed by atoms with Gasteiger partial charge in [-0.15, -0.1) is 0 Å². The van der Waals surface area contributed by atoms with Gasteiger partial charge < -0.3 is 24.6 Å². The minimum Gasteiger partial charge on any atom is -0.493 e. The molecule has 0 amide bonds. The van der Waals surface area contributed by atoms with Crippen molar-refractivity contribution in [3.63, 3.8) is 0 Å². The van der Waals surface area contributed by atoms with Gasteiger partial charge in [-0.2, -0.15) is 0 Å². The van der Waals surface area contributed by atoms with Gasteiger partial charge >= 0.3 is 0 Å². The molecule has 6 atom stereocenters. The fourth-order valence-electron chi connectivity index (χ4n) is 6.10. The van der Waals surface area contributed by atoms with Crippen molar-refractivity contribution in [1.29, 1.82) is 0 Å². The van der Waals surface area contributed by atoms with E-state index in [0.29, 0.717) is 18.4 Å². The number of aliphatic hydroxyl groups is 2. The van der Waals surface area contributed by atoms with Gasteiger partial charge in [-0.3, -0.25) is 0 Å². The van der Waals surface area contributed by atoms with Gasteiger partial charge in [-0.25, -0.2) is 0 Å². The molecule has 1 aromatic carbocycles. The highest BCUT2D eigenvalue weighted by Gasteiger charge is 2.70. The number of rotatable bonds is 1. The topological polar surface area (TPSA) is 62.2 Å². The van der Waals surface area contributed by atoms with E-state index in [1.807, 2.05) is 6.07 Å². The molecule has 2 fully saturated rings. The molecule has 0 radical (unpaired) electrons. The summed E-state index contributed by atoms with van der Waals surface area (Å²) in [5, 5.41) is 21.8. The van der Waals surface area contributed by atoms with Crippen LogP contribution >= 0.6 is 0 Å². The van der Waals surface area contributed by atoms with E-state index in [2.05, 4.69) is 18.0 Å². The number of aliphatic hydroxyl groups excluding tert-OH is 1. The lowest BCUT2D eigenvalue weighted by atomic mass is 9.49. The maximum Gasteiger partial charge on any atom is 0.165 e. The molecule has 1 saturated carbocycles. The summed E-state index contributed by atoms with van der Waals surface area (Å²) in [5.41, 5.74) is 1.09. The standard InChI is InChI=1S/C19H25NO4/c1-18(22)14(21)9-11-12-8-10-4-5-13(23-3)16-15(10)19(11,17(18)24-16)6-7-20(12)2/h4-5,11-12,14,17,21-22H,6-9H2,1-3H3/t11-,12+,14+,17-,18+,19-/m1/s1. The van der Waals surface area contributed by atoms with Gasteiger partial charge in [0.05, 0.1) is 13.2 Å². The van der Waals surface area contributed by atoms with Crippen molar-refractivity contribution in [2.75, 3.05) is 20.7 Å². The number of piperidine rings is 1. The molecule has 2 aliphatic heterocycles. The van der Waals surface area contributed by atoms with Gasteiger partial charge in [0.1, 0.15) is 11.7 Å². The zero-order valence-corrected chi connectivity index (χ0v) is 14.5. The Balaban J connectivity index is 1.81. The van der Waals surface area contributed by atoms with Crippen LogP contribution in [0.4, 0.5) is 0 Å². The van der Waals surface area contributed by atoms with E-state index in [1.54, 1.807) is 14.0 Å². The van der Waals surface area contributed by atoms with Gasteiger partial charge in [0.2, 0.25) is 0 Å². The predicted octanol–water partition coefficient (Wildman–Crippen LogP) is 1.09. The molecule has 1 aromatic rings. The Morgan fingerprint density at radius 2 is 2.17 bits per heavy atom. The maximum absolute atomic E-state index is 11.1. The minimum absolute atomic E-state index is 0.211. The number of likely N-dealkylation sites (tertiary alicyclic amines) is 1. The summed E-state index contributed by atoms with van der Waals surface area (Å²) in [4.78, 5) is 2.42. The largest absolute Gasteiger partial charge is 0.493 e. The first-order chi connectivity index (χ1) is 11.4. The Morgan fingerprint density at radius 1 is 1.38 bits per heavy atom. The highest BCUT2D eigenvalue weighted by atomic mass is 16.5. The van der Waals surface area contributed by atoms with E-state index >= 15 is 0 Å². The van der Waals surface area contributed by atoms with Crippen molar-refractivity contribution in [3.05, 3.63) is 23.3 Å². The normalized spacial score (nSPS) is 45.5. The summed E-state index contributed by atoms with van der Waals surface area (Å²) >= 11 is 0. The lowest BCUT2D eigenvalue weighted by Crippen LogP contribution is -2.72. The van der Waals surface area contributed by atoms with Crippen LogP contribution in [-0.2, 0) is 11.8 Å². The van der Waals surface area contributed by atoms with E-state index in [-0.39, 0.29) is 5.41 Å². The number of methoxy groups -OCH3 is 1. The SMILES string of the molecule is COc1ccc2c3c1O[C@@H]1[C@@](C)(O)[C@@H](O)C[C@@H]4[C@H](C2)N(C)CC[C@]341. The van der Waals surface area contributed by atoms with Gasteiger partial charge in [-0.1, -0.05) is 6.07 Å². The first-order valence-electron chi connectivity index (χ1n) is 8.89. The Kier molecular flexibility index (Phi) is 2.78. The monoisotopic (exact) mass is 331 g/mol. The maximum atomic E-state index is 11.1. The molecular formula is C19H25NO4. The third kappa shape index (κ3) is 1.48. The first-order valence-corrected chi connectivity index (χ1v) is 8.89. The fourth-order valence-corrected chi connectivity index (χ4v) is 6.10. The van der Waals surface area contributed by atoms with Crippen molar-refractivity contribution in [3.8, 4) is 11.5 Å². The molecule has 24 heavy (non-hydrogen) atoms. The van der Waals surface area contributed by atoms with Crippen molar-refractivity contribution in [2.24, 2.45) is 5.92 Å². The van der Waals surface area contributed by atoms with E-state index in [0.717, 1.165) is 30.9 Å². The fraction of sp³-hybridized carbons (Fsp3) is 0.684. The molecule has 1 spiro atoms. The lowest BCUT2D eigenvalue weighted by Gasteiger charge is -2.61.